The van der Waals surface area contributed by atoms with Crippen LogP contribution in [0.4, 0.5) is 0 Å². The molecule has 0 spiro atoms. The van der Waals surface area contributed by atoms with Crippen molar-refractivity contribution in [1.82, 2.24) is 25.5 Å². The van der Waals surface area contributed by atoms with E-state index in [1.54, 1.807) is 0 Å². The number of rotatable bonds is 5. The summed E-state index contributed by atoms with van der Waals surface area (Å²) in [5, 5.41) is 15.9. The summed E-state index contributed by atoms with van der Waals surface area (Å²) in [5.74, 6) is 1.17. The average molecular weight is 373 g/mol. The Balaban J connectivity index is 1.35. The van der Waals surface area contributed by atoms with E-state index in [9.17, 15) is 4.79 Å². The molecule has 1 aromatic heterocycles. The van der Waals surface area contributed by atoms with E-state index in [-0.39, 0.29) is 11.9 Å². The summed E-state index contributed by atoms with van der Waals surface area (Å²) in [5.41, 5.74) is 1.05. The standard InChI is InChI=1S/C18H23N5O2S/c24-17(19-15-10-11-25-16-9-5-4-8-14(15)16)12-26-18-20-21-22-23(18)13-6-2-1-3-7-13/h4-5,8-9,13,15H,1-3,6-7,10-12H2,(H,19,24). The van der Waals surface area contributed by atoms with Gasteiger partial charge in [-0.15, -0.1) is 5.10 Å². The zero-order valence-electron chi connectivity index (χ0n) is 14.6. The maximum atomic E-state index is 12.5. The Morgan fingerprint density at radius 1 is 1.23 bits per heavy atom. The van der Waals surface area contributed by atoms with Gasteiger partial charge in [0.05, 0.1) is 24.4 Å². The quantitative estimate of drug-likeness (QED) is 0.812. The van der Waals surface area contributed by atoms with Gasteiger partial charge < -0.3 is 10.1 Å². The lowest BCUT2D eigenvalue weighted by molar-refractivity contribution is -0.119. The second kappa shape index (κ2) is 8.07. The first-order valence-corrected chi connectivity index (χ1v) is 10.2. The Morgan fingerprint density at radius 3 is 2.96 bits per heavy atom. The van der Waals surface area contributed by atoms with Crippen molar-refractivity contribution in [3.05, 3.63) is 29.8 Å². The van der Waals surface area contributed by atoms with Crippen molar-refractivity contribution < 1.29 is 9.53 Å². The van der Waals surface area contributed by atoms with Crippen LogP contribution < -0.4 is 10.1 Å². The molecule has 1 N–H and O–H groups in total. The number of nitrogens with zero attached hydrogens (tertiary/aromatic N) is 4. The highest BCUT2D eigenvalue weighted by atomic mass is 32.2. The van der Waals surface area contributed by atoms with Gasteiger partial charge in [-0.1, -0.05) is 49.2 Å². The van der Waals surface area contributed by atoms with Crippen LogP contribution in [0.2, 0.25) is 0 Å². The number of carbonyl (C=O) groups is 1. The minimum absolute atomic E-state index is 0.00221. The number of carbonyl (C=O) groups excluding carboxylic acids is 1. The topological polar surface area (TPSA) is 81.9 Å². The number of thioether (sulfide) groups is 1. The predicted molar refractivity (Wildman–Crippen MR) is 98.1 cm³/mol. The predicted octanol–water partition coefficient (Wildman–Crippen LogP) is 2.91. The monoisotopic (exact) mass is 373 g/mol. The molecule has 0 bridgehead atoms. The van der Waals surface area contributed by atoms with Crippen LogP contribution in [0.25, 0.3) is 0 Å². The van der Waals surface area contributed by atoms with Gasteiger partial charge in [-0.3, -0.25) is 4.79 Å². The van der Waals surface area contributed by atoms with E-state index in [1.165, 1.54) is 31.0 Å². The molecule has 2 heterocycles. The van der Waals surface area contributed by atoms with Crippen LogP contribution in [0.15, 0.2) is 29.4 Å². The molecule has 1 fully saturated rings. The van der Waals surface area contributed by atoms with E-state index in [0.717, 1.165) is 35.7 Å². The molecular weight excluding hydrogens is 350 g/mol. The number of hydrogen-bond acceptors (Lipinski definition) is 6. The number of fused-ring (bicyclic) bond motifs is 1. The Kier molecular flexibility index (Phi) is 5.38. The van der Waals surface area contributed by atoms with Gasteiger partial charge >= 0.3 is 0 Å². The molecule has 1 saturated carbocycles. The zero-order chi connectivity index (χ0) is 17.8. The third-order valence-corrected chi connectivity index (χ3v) is 5.94. The summed E-state index contributed by atoms with van der Waals surface area (Å²) in [6, 6.07) is 8.25. The van der Waals surface area contributed by atoms with Crippen molar-refractivity contribution >= 4 is 17.7 Å². The highest BCUT2D eigenvalue weighted by Gasteiger charge is 2.24. The van der Waals surface area contributed by atoms with E-state index in [2.05, 4.69) is 20.8 Å². The molecule has 26 heavy (non-hydrogen) atoms. The molecule has 4 rings (SSSR count). The molecule has 1 amide bonds. The zero-order valence-corrected chi connectivity index (χ0v) is 15.5. The van der Waals surface area contributed by atoms with Crippen LogP contribution in [0.5, 0.6) is 5.75 Å². The SMILES string of the molecule is O=C(CSc1nnnn1C1CCCCC1)NC1CCOc2ccccc21. The Hall–Kier alpha value is -2.09. The molecule has 0 radical (unpaired) electrons. The largest absolute Gasteiger partial charge is 0.493 e. The number of ether oxygens (including phenoxy) is 1. The van der Waals surface area contributed by atoms with Crippen LogP contribution >= 0.6 is 11.8 Å². The van der Waals surface area contributed by atoms with Crippen molar-refractivity contribution in [3.63, 3.8) is 0 Å². The molecule has 0 saturated heterocycles. The van der Waals surface area contributed by atoms with Crippen LogP contribution in [-0.4, -0.2) is 38.5 Å². The minimum Gasteiger partial charge on any atom is -0.493 e. The maximum absolute atomic E-state index is 12.5. The molecule has 1 aliphatic heterocycles. The van der Waals surface area contributed by atoms with E-state index in [0.29, 0.717) is 18.4 Å². The molecule has 1 aliphatic carbocycles. The van der Waals surface area contributed by atoms with Gasteiger partial charge in [0.2, 0.25) is 11.1 Å². The second-order valence-electron chi connectivity index (χ2n) is 6.78. The van der Waals surface area contributed by atoms with Gasteiger partial charge in [-0.05, 0) is 29.3 Å². The smallest absolute Gasteiger partial charge is 0.230 e. The molecular formula is C18H23N5O2S. The van der Waals surface area contributed by atoms with Gasteiger partial charge in [-0.25, -0.2) is 4.68 Å². The summed E-state index contributed by atoms with van der Waals surface area (Å²) in [4.78, 5) is 12.5. The van der Waals surface area contributed by atoms with Crippen LogP contribution in [-0.2, 0) is 4.79 Å². The first-order valence-electron chi connectivity index (χ1n) is 9.23. The van der Waals surface area contributed by atoms with E-state index >= 15 is 0 Å². The summed E-state index contributed by atoms with van der Waals surface area (Å²) in [6.45, 7) is 0.620. The first-order chi connectivity index (χ1) is 12.8. The lowest BCUT2D eigenvalue weighted by Crippen LogP contribution is -2.33. The Labute approximate surface area is 156 Å². The van der Waals surface area contributed by atoms with E-state index in [1.807, 2.05) is 28.9 Å². The molecule has 1 unspecified atom stereocenters. The molecule has 138 valence electrons. The summed E-state index contributed by atoms with van der Waals surface area (Å²) >= 11 is 1.41. The number of benzene rings is 1. The summed E-state index contributed by atoms with van der Waals surface area (Å²) < 4.78 is 7.55. The van der Waals surface area contributed by atoms with E-state index in [4.69, 9.17) is 4.74 Å². The Morgan fingerprint density at radius 2 is 2.08 bits per heavy atom. The number of aromatic nitrogens is 4. The number of amides is 1. The molecule has 2 aliphatic rings. The minimum atomic E-state index is -0.00472. The van der Waals surface area contributed by atoms with Crippen molar-refractivity contribution in [2.75, 3.05) is 12.4 Å². The highest BCUT2D eigenvalue weighted by molar-refractivity contribution is 7.99. The maximum Gasteiger partial charge on any atom is 0.230 e. The first kappa shape index (κ1) is 17.3. The molecule has 1 atom stereocenters. The van der Waals surface area contributed by atoms with Gasteiger partial charge in [0.15, 0.2) is 0 Å². The number of hydrogen-bond donors (Lipinski definition) is 1. The van der Waals surface area contributed by atoms with Crippen molar-refractivity contribution in [2.24, 2.45) is 0 Å². The van der Waals surface area contributed by atoms with Gasteiger partial charge in [0.1, 0.15) is 5.75 Å². The molecule has 7 nitrogen and oxygen atoms in total. The number of para-hydroxylation sites is 1. The molecule has 8 heteroatoms. The van der Waals surface area contributed by atoms with Gasteiger partial charge in [0.25, 0.3) is 0 Å². The van der Waals surface area contributed by atoms with Crippen LogP contribution in [0.1, 0.15) is 56.2 Å². The molecule has 2 aromatic rings. The third kappa shape index (κ3) is 3.85. The van der Waals surface area contributed by atoms with Gasteiger partial charge in [0, 0.05) is 12.0 Å². The fourth-order valence-corrected chi connectivity index (χ4v) is 4.45. The third-order valence-electron chi connectivity index (χ3n) is 5.01. The number of nitrogens with one attached hydrogen (secondary N) is 1. The lowest BCUT2D eigenvalue weighted by Gasteiger charge is -2.26. The average Bonchev–Trinajstić information content (AvgIpc) is 3.16. The van der Waals surface area contributed by atoms with Crippen molar-refractivity contribution in [1.29, 1.82) is 0 Å². The highest BCUT2D eigenvalue weighted by Crippen LogP contribution is 2.32. The fourth-order valence-electron chi connectivity index (χ4n) is 3.69. The van der Waals surface area contributed by atoms with Crippen LogP contribution in [0.3, 0.4) is 0 Å². The second-order valence-corrected chi connectivity index (χ2v) is 7.72. The number of tetrazole rings is 1. The fraction of sp³-hybridized carbons (Fsp3) is 0.556. The summed E-state index contributed by atoms with van der Waals surface area (Å²) in [7, 11) is 0. The Bertz CT molecular complexity index is 760. The summed E-state index contributed by atoms with van der Waals surface area (Å²) in [6.07, 6.45) is 6.74. The van der Waals surface area contributed by atoms with E-state index < -0.39 is 0 Å². The lowest BCUT2D eigenvalue weighted by atomic mass is 9.96. The van der Waals surface area contributed by atoms with Crippen molar-refractivity contribution in [2.45, 2.75) is 55.8 Å². The normalized spacial score (nSPS) is 20.2. The van der Waals surface area contributed by atoms with Crippen LogP contribution in [0, 0.1) is 0 Å². The van der Waals surface area contributed by atoms with Crippen molar-refractivity contribution in [3.8, 4) is 5.75 Å². The molecule has 1 aromatic carbocycles. The van der Waals surface area contributed by atoms with Gasteiger partial charge in [-0.2, -0.15) is 0 Å².